The third-order valence-corrected chi connectivity index (χ3v) is 3.43. The largest absolute Gasteiger partial charge is 0.397 e. The Bertz CT molecular complexity index is 403. The number of nitrogen functional groups attached to an aromatic ring is 1. The summed E-state index contributed by atoms with van der Waals surface area (Å²) in [7, 11) is 2.07. The minimum Gasteiger partial charge on any atom is -0.397 e. The number of pyridine rings is 1. The number of nitrogens with zero attached hydrogens (tertiary/aromatic N) is 3. The molecule has 2 heterocycles. The quantitative estimate of drug-likeness (QED) is 0.778. The van der Waals surface area contributed by atoms with Gasteiger partial charge in [-0.1, -0.05) is 11.6 Å². The summed E-state index contributed by atoms with van der Waals surface area (Å²) in [5.74, 6) is -0.141. The van der Waals surface area contributed by atoms with E-state index in [1.165, 1.54) is 0 Å². The van der Waals surface area contributed by atoms with E-state index in [4.69, 9.17) is 17.3 Å². The highest BCUT2D eigenvalue weighted by molar-refractivity contribution is 6.33. The van der Waals surface area contributed by atoms with Crippen molar-refractivity contribution in [2.24, 2.45) is 0 Å². The third-order valence-electron chi connectivity index (χ3n) is 3.06. The molecule has 0 spiro atoms. The number of likely N-dealkylation sites (N-methyl/N-ethyl adjacent to an activating group) is 1. The van der Waals surface area contributed by atoms with Crippen LogP contribution in [0.5, 0.6) is 0 Å². The minimum absolute atomic E-state index is 0.101. The number of piperazine rings is 1. The number of halogens is 2. The second-order valence-electron chi connectivity index (χ2n) is 4.48. The second kappa shape index (κ2) is 4.66. The topological polar surface area (TPSA) is 45.4 Å². The van der Waals surface area contributed by atoms with Crippen molar-refractivity contribution in [3.05, 3.63) is 17.0 Å². The zero-order valence-corrected chi connectivity index (χ0v) is 10.7. The Balaban J connectivity index is 2.28. The average molecular weight is 259 g/mol. The van der Waals surface area contributed by atoms with E-state index < -0.39 is 5.95 Å². The van der Waals surface area contributed by atoms with Gasteiger partial charge in [0.2, 0.25) is 5.95 Å². The number of hydrogen-bond acceptors (Lipinski definition) is 4. The molecule has 1 aromatic rings. The van der Waals surface area contributed by atoms with Crippen LogP contribution < -0.4 is 10.6 Å². The molecule has 4 nitrogen and oxygen atoms in total. The normalized spacial score (nSPS) is 21.9. The number of anilines is 2. The number of rotatable bonds is 1. The zero-order chi connectivity index (χ0) is 12.6. The maximum atomic E-state index is 13.4. The zero-order valence-electron chi connectivity index (χ0n) is 9.95. The monoisotopic (exact) mass is 258 g/mol. The van der Waals surface area contributed by atoms with Crippen LogP contribution in [-0.2, 0) is 0 Å². The van der Waals surface area contributed by atoms with E-state index in [2.05, 4.69) is 28.8 Å². The lowest BCUT2D eigenvalue weighted by molar-refractivity contribution is 0.274. The Morgan fingerprint density at radius 2 is 2.24 bits per heavy atom. The number of hydrogen-bond donors (Lipinski definition) is 1. The fourth-order valence-electron chi connectivity index (χ4n) is 2.13. The lowest BCUT2D eigenvalue weighted by Crippen LogP contribution is -2.50. The molecule has 17 heavy (non-hydrogen) atoms. The molecule has 1 aliphatic rings. The summed E-state index contributed by atoms with van der Waals surface area (Å²) in [6.07, 6.45) is 0. The molecule has 94 valence electrons. The third kappa shape index (κ3) is 2.45. The Labute approximate surface area is 105 Å². The van der Waals surface area contributed by atoms with Gasteiger partial charge in [0, 0.05) is 31.7 Å². The lowest BCUT2D eigenvalue weighted by atomic mass is 10.2. The van der Waals surface area contributed by atoms with Crippen molar-refractivity contribution in [2.45, 2.75) is 13.0 Å². The van der Waals surface area contributed by atoms with Gasteiger partial charge in [0.25, 0.3) is 0 Å². The summed E-state index contributed by atoms with van der Waals surface area (Å²) in [4.78, 5) is 8.15. The molecule has 6 heteroatoms. The SMILES string of the molecule is CC1CN(C)CCN1c1cc(N)c(Cl)c(F)n1. The molecule has 1 aromatic heterocycles. The van der Waals surface area contributed by atoms with Crippen molar-refractivity contribution in [3.8, 4) is 0 Å². The number of nitrogens with two attached hydrogens (primary N) is 1. The van der Waals surface area contributed by atoms with Crippen molar-refractivity contribution in [2.75, 3.05) is 37.3 Å². The average Bonchev–Trinajstić information content (AvgIpc) is 2.25. The standard InChI is InChI=1S/C11H16ClFN4/c1-7-6-16(2)3-4-17(7)9-5-8(14)10(12)11(13)15-9/h5,7H,3-4,6H2,1-2H3,(H2,14,15). The van der Waals surface area contributed by atoms with Gasteiger partial charge in [0.05, 0.1) is 5.69 Å². The first-order valence-corrected chi connectivity index (χ1v) is 5.93. The maximum absolute atomic E-state index is 13.4. The molecular formula is C11H16ClFN4. The molecular weight excluding hydrogens is 243 g/mol. The molecule has 1 atom stereocenters. The van der Waals surface area contributed by atoms with Gasteiger partial charge in [0.15, 0.2) is 0 Å². The van der Waals surface area contributed by atoms with E-state index in [0.29, 0.717) is 5.82 Å². The molecule has 1 aliphatic heterocycles. The molecule has 2 N–H and O–H groups in total. The van der Waals surface area contributed by atoms with Crippen LogP contribution in [0.3, 0.4) is 0 Å². The van der Waals surface area contributed by atoms with Crippen molar-refractivity contribution in [1.82, 2.24) is 9.88 Å². The highest BCUT2D eigenvalue weighted by Gasteiger charge is 2.23. The van der Waals surface area contributed by atoms with E-state index in [-0.39, 0.29) is 16.8 Å². The summed E-state index contributed by atoms with van der Waals surface area (Å²) in [5, 5.41) is -0.101. The second-order valence-corrected chi connectivity index (χ2v) is 4.86. The molecule has 0 aliphatic carbocycles. The predicted octanol–water partition coefficient (Wildman–Crippen LogP) is 1.60. The fraction of sp³-hybridized carbons (Fsp3) is 0.545. The van der Waals surface area contributed by atoms with Crippen molar-refractivity contribution >= 4 is 23.1 Å². The van der Waals surface area contributed by atoms with Gasteiger partial charge < -0.3 is 15.5 Å². The van der Waals surface area contributed by atoms with Gasteiger partial charge in [-0.05, 0) is 14.0 Å². The van der Waals surface area contributed by atoms with Crippen molar-refractivity contribution < 1.29 is 4.39 Å². The van der Waals surface area contributed by atoms with E-state index in [1.54, 1.807) is 6.07 Å². The molecule has 1 fully saturated rings. The minimum atomic E-state index is -0.701. The van der Waals surface area contributed by atoms with E-state index in [0.717, 1.165) is 19.6 Å². The summed E-state index contributed by atoms with van der Waals surface area (Å²) in [6, 6.07) is 1.91. The van der Waals surface area contributed by atoms with Gasteiger partial charge in [-0.25, -0.2) is 4.98 Å². The molecule has 2 rings (SSSR count). The maximum Gasteiger partial charge on any atom is 0.235 e. The van der Waals surface area contributed by atoms with Crippen molar-refractivity contribution in [1.29, 1.82) is 0 Å². The highest BCUT2D eigenvalue weighted by Crippen LogP contribution is 2.27. The Hall–Kier alpha value is -1.07. The van der Waals surface area contributed by atoms with Gasteiger partial charge in [-0.3, -0.25) is 0 Å². The van der Waals surface area contributed by atoms with E-state index in [9.17, 15) is 4.39 Å². The summed E-state index contributed by atoms with van der Waals surface area (Å²) in [5.41, 5.74) is 5.89. The Morgan fingerprint density at radius 1 is 1.53 bits per heavy atom. The Kier molecular flexibility index (Phi) is 3.40. The van der Waals surface area contributed by atoms with Crippen LogP contribution in [-0.4, -0.2) is 42.6 Å². The lowest BCUT2D eigenvalue weighted by Gasteiger charge is -2.39. The van der Waals surface area contributed by atoms with Crippen LogP contribution in [0.4, 0.5) is 15.9 Å². The molecule has 1 saturated heterocycles. The first-order valence-electron chi connectivity index (χ1n) is 5.55. The molecule has 0 saturated carbocycles. The first kappa shape index (κ1) is 12.4. The first-order chi connectivity index (χ1) is 7.99. The van der Waals surface area contributed by atoms with Crippen LogP contribution in [0, 0.1) is 5.95 Å². The highest BCUT2D eigenvalue weighted by atomic mass is 35.5. The van der Waals surface area contributed by atoms with Crippen LogP contribution in [0.2, 0.25) is 5.02 Å². The molecule has 0 aromatic carbocycles. The van der Waals surface area contributed by atoms with Gasteiger partial charge in [0.1, 0.15) is 10.8 Å². The molecule has 0 amide bonds. The van der Waals surface area contributed by atoms with Gasteiger partial charge >= 0.3 is 0 Å². The van der Waals surface area contributed by atoms with Crippen molar-refractivity contribution in [3.63, 3.8) is 0 Å². The smallest absolute Gasteiger partial charge is 0.235 e. The number of aromatic nitrogens is 1. The summed E-state index contributed by atoms with van der Waals surface area (Å²) in [6.45, 7) is 4.74. The predicted molar refractivity (Wildman–Crippen MR) is 67.9 cm³/mol. The van der Waals surface area contributed by atoms with Crippen LogP contribution >= 0.6 is 11.6 Å². The van der Waals surface area contributed by atoms with Gasteiger partial charge in [-0.15, -0.1) is 0 Å². The summed E-state index contributed by atoms with van der Waals surface area (Å²) >= 11 is 5.66. The van der Waals surface area contributed by atoms with E-state index >= 15 is 0 Å². The molecule has 0 bridgehead atoms. The Morgan fingerprint density at radius 3 is 2.82 bits per heavy atom. The summed E-state index contributed by atoms with van der Waals surface area (Å²) < 4.78 is 13.4. The fourth-order valence-corrected chi connectivity index (χ4v) is 2.23. The molecule has 0 radical (unpaired) electrons. The van der Waals surface area contributed by atoms with Gasteiger partial charge in [-0.2, -0.15) is 4.39 Å². The van der Waals surface area contributed by atoms with Crippen LogP contribution in [0.25, 0.3) is 0 Å². The van der Waals surface area contributed by atoms with Crippen LogP contribution in [0.15, 0.2) is 6.07 Å². The molecule has 1 unspecified atom stereocenters. The van der Waals surface area contributed by atoms with E-state index in [1.807, 2.05) is 0 Å². The van der Waals surface area contributed by atoms with Crippen LogP contribution in [0.1, 0.15) is 6.92 Å².